The van der Waals surface area contributed by atoms with Gasteiger partial charge in [0.05, 0.1) is 28.8 Å². The number of likely N-dealkylation sites (tertiary alicyclic amines) is 1. The smallest absolute Gasteiger partial charge is 0.258 e. The Balaban J connectivity index is 1.75. The van der Waals surface area contributed by atoms with Gasteiger partial charge in [0, 0.05) is 18.7 Å². The first-order chi connectivity index (χ1) is 14.2. The summed E-state index contributed by atoms with van der Waals surface area (Å²) >= 11 is 1.58. The van der Waals surface area contributed by atoms with Crippen LogP contribution < -0.4 is 5.56 Å². The van der Waals surface area contributed by atoms with Crippen LogP contribution in [-0.4, -0.2) is 39.7 Å². The summed E-state index contributed by atoms with van der Waals surface area (Å²) in [5.41, 5.74) is 3.81. The molecule has 1 aromatic carbocycles. The average Bonchev–Trinajstić information content (AvgIpc) is 3.43. The molecule has 4 heterocycles. The molecule has 2 aliphatic rings. The molecule has 0 spiro atoms. The van der Waals surface area contributed by atoms with Crippen molar-refractivity contribution in [3.63, 3.8) is 0 Å². The molecular weight excluding hydrogens is 384 g/mol. The third-order valence-electron chi connectivity index (χ3n) is 6.02. The van der Waals surface area contributed by atoms with E-state index in [1.807, 2.05) is 35.7 Å². The molecule has 0 radical (unpaired) electrons. The largest absolute Gasteiger partial charge is 0.394 e. The third kappa shape index (κ3) is 2.94. The summed E-state index contributed by atoms with van der Waals surface area (Å²) in [6.07, 6.45) is 2.50. The minimum absolute atomic E-state index is 0.0312. The van der Waals surface area contributed by atoms with Crippen LogP contribution in [0.25, 0.3) is 21.7 Å². The van der Waals surface area contributed by atoms with Crippen molar-refractivity contribution < 1.29 is 9.90 Å². The van der Waals surface area contributed by atoms with E-state index in [0.717, 1.165) is 35.4 Å². The Bertz CT molecular complexity index is 1130. The van der Waals surface area contributed by atoms with Crippen molar-refractivity contribution in [1.82, 2.24) is 9.47 Å². The van der Waals surface area contributed by atoms with Crippen LogP contribution in [0.15, 0.2) is 52.6 Å². The summed E-state index contributed by atoms with van der Waals surface area (Å²) in [4.78, 5) is 29.8. The number of hydrogen-bond donors (Lipinski definition) is 1. The van der Waals surface area contributed by atoms with Gasteiger partial charge in [0.1, 0.15) is 0 Å². The topological polar surface area (TPSA) is 62.5 Å². The summed E-state index contributed by atoms with van der Waals surface area (Å²) in [6, 6.07) is 13.2. The number of carbonyl (C=O) groups excluding carboxylic acids is 1. The Morgan fingerprint density at radius 1 is 1.17 bits per heavy atom. The number of hydrogen-bond acceptors (Lipinski definition) is 4. The van der Waals surface area contributed by atoms with Gasteiger partial charge in [-0.2, -0.15) is 0 Å². The zero-order valence-electron chi connectivity index (χ0n) is 16.0. The molecule has 3 aromatic rings. The first-order valence-corrected chi connectivity index (χ1v) is 10.9. The number of thiophene rings is 1. The molecule has 0 aliphatic carbocycles. The number of carbonyl (C=O) groups is 1. The molecule has 1 fully saturated rings. The Morgan fingerprint density at radius 3 is 2.79 bits per heavy atom. The lowest BCUT2D eigenvalue weighted by atomic mass is 9.97. The molecule has 1 amide bonds. The predicted octanol–water partition coefficient (Wildman–Crippen LogP) is 3.40. The summed E-state index contributed by atoms with van der Waals surface area (Å²) < 4.78 is 1.78. The molecule has 6 heteroatoms. The number of aliphatic hydroxyl groups is 1. The summed E-state index contributed by atoms with van der Waals surface area (Å²) in [7, 11) is 0. The van der Waals surface area contributed by atoms with Crippen LogP contribution in [-0.2, 0) is 13.0 Å². The molecule has 0 bridgehead atoms. The number of amides is 1. The van der Waals surface area contributed by atoms with Crippen molar-refractivity contribution in [2.24, 2.45) is 0 Å². The Hall–Kier alpha value is -2.70. The second-order valence-electron chi connectivity index (χ2n) is 7.65. The molecule has 1 unspecified atom stereocenters. The molecule has 2 aliphatic heterocycles. The molecule has 1 saturated heterocycles. The third-order valence-corrected chi connectivity index (χ3v) is 6.98. The van der Waals surface area contributed by atoms with Crippen molar-refractivity contribution >= 4 is 17.2 Å². The van der Waals surface area contributed by atoms with E-state index in [1.165, 1.54) is 5.56 Å². The molecule has 0 saturated carbocycles. The van der Waals surface area contributed by atoms with Crippen LogP contribution in [0.3, 0.4) is 0 Å². The fourth-order valence-corrected chi connectivity index (χ4v) is 5.55. The lowest BCUT2D eigenvalue weighted by Gasteiger charge is -2.27. The fourth-order valence-electron chi connectivity index (χ4n) is 4.53. The van der Waals surface area contributed by atoms with Crippen LogP contribution in [0.4, 0.5) is 0 Å². The van der Waals surface area contributed by atoms with Gasteiger partial charge in [-0.1, -0.05) is 30.3 Å². The molecule has 1 N–H and O–H groups in total. The van der Waals surface area contributed by atoms with Gasteiger partial charge >= 0.3 is 0 Å². The SMILES string of the molecule is O=C(c1cc(-c2ccccc2)c(=O)n2c1-c1sccc1CC2)N1CCCC1CO. The standard InChI is InChI=1S/C23H22N2O3S/c26-14-17-7-4-10-24(17)23(28)19-13-18(15-5-2-1-3-6-15)22(27)25-11-8-16-9-12-29-21(16)20(19)25/h1-3,5-6,9,12-13,17,26H,4,7-8,10-11,14H2. The maximum atomic E-state index is 13.6. The van der Waals surface area contributed by atoms with E-state index in [4.69, 9.17) is 0 Å². The van der Waals surface area contributed by atoms with E-state index in [2.05, 4.69) is 6.07 Å². The van der Waals surface area contributed by atoms with Gasteiger partial charge in [-0.3, -0.25) is 9.59 Å². The first-order valence-electron chi connectivity index (χ1n) is 10.0. The number of aliphatic hydroxyl groups excluding tert-OH is 1. The Kier molecular flexibility index (Phi) is 4.60. The number of aromatic nitrogens is 1. The van der Waals surface area contributed by atoms with Crippen molar-refractivity contribution in [1.29, 1.82) is 0 Å². The second kappa shape index (κ2) is 7.28. The quantitative estimate of drug-likeness (QED) is 0.725. The maximum Gasteiger partial charge on any atom is 0.258 e. The molecule has 5 rings (SSSR count). The van der Waals surface area contributed by atoms with Crippen molar-refractivity contribution in [2.45, 2.75) is 31.8 Å². The van der Waals surface area contributed by atoms with E-state index >= 15 is 0 Å². The van der Waals surface area contributed by atoms with E-state index in [0.29, 0.717) is 24.2 Å². The van der Waals surface area contributed by atoms with E-state index < -0.39 is 0 Å². The minimum Gasteiger partial charge on any atom is -0.394 e. The summed E-state index contributed by atoms with van der Waals surface area (Å²) in [5, 5.41) is 11.7. The van der Waals surface area contributed by atoms with Crippen LogP contribution in [0.5, 0.6) is 0 Å². The van der Waals surface area contributed by atoms with E-state index in [1.54, 1.807) is 26.9 Å². The maximum absolute atomic E-state index is 13.6. The number of aryl methyl sites for hydroxylation is 1. The fraction of sp³-hybridized carbons (Fsp3) is 0.304. The van der Waals surface area contributed by atoms with Crippen LogP contribution in [0, 0.1) is 0 Å². The van der Waals surface area contributed by atoms with E-state index in [-0.39, 0.29) is 24.1 Å². The monoisotopic (exact) mass is 406 g/mol. The number of fused-ring (bicyclic) bond motifs is 3. The minimum atomic E-state index is -0.151. The Labute approximate surface area is 172 Å². The van der Waals surface area contributed by atoms with Crippen molar-refractivity contribution in [2.75, 3.05) is 13.2 Å². The molecule has 148 valence electrons. The van der Waals surface area contributed by atoms with Gasteiger partial charge in [-0.05, 0) is 47.9 Å². The van der Waals surface area contributed by atoms with Gasteiger partial charge in [0.15, 0.2) is 0 Å². The predicted molar refractivity (Wildman–Crippen MR) is 114 cm³/mol. The highest BCUT2D eigenvalue weighted by atomic mass is 32.1. The zero-order valence-corrected chi connectivity index (χ0v) is 16.8. The normalized spacial score (nSPS) is 17.8. The molecule has 5 nitrogen and oxygen atoms in total. The highest BCUT2D eigenvalue weighted by molar-refractivity contribution is 7.13. The zero-order chi connectivity index (χ0) is 20.0. The van der Waals surface area contributed by atoms with Gasteiger partial charge in [0.2, 0.25) is 0 Å². The van der Waals surface area contributed by atoms with Crippen LogP contribution >= 0.6 is 11.3 Å². The summed E-state index contributed by atoms with van der Waals surface area (Å²) in [6.45, 7) is 1.18. The van der Waals surface area contributed by atoms with Crippen molar-refractivity contribution in [3.8, 4) is 21.7 Å². The van der Waals surface area contributed by atoms with Crippen LogP contribution in [0.1, 0.15) is 28.8 Å². The molecular formula is C23H22N2O3S. The lowest BCUT2D eigenvalue weighted by Crippen LogP contribution is -2.39. The summed E-state index contributed by atoms with van der Waals surface area (Å²) in [5.74, 6) is -0.0938. The molecule has 1 atom stereocenters. The van der Waals surface area contributed by atoms with Gasteiger partial charge in [-0.15, -0.1) is 11.3 Å². The Morgan fingerprint density at radius 2 is 2.00 bits per heavy atom. The molecule has 29 heavy (non-hydrogen) atoms. The number of benzene rings is 1. The van der Waals surface area contributed by atoms with Crippen molar-refractivity contribution in [3.05, 3.63) is 69.3 Å². The van der Waals surface area contributed by atoms with E-state index in [9.17, 15) is 14.7 Å². The van der Waals surface area contributed by atoms with Gasteiger partial charge in [-0.25, -0.2) is 0 Å². The lowest BCUT2D eigenvalue weighted by molar-refractivity contribution is 0.0677. The first kappa shape index (κ1) is 18.3. The number of rotatable bonds is 3. The van der Waals surface area contributed by atoms with Crippen LogP contribution in [0.2, 0.25) is 0 Å². The molecule has 2 aromatic heterocycles. The number of pyridine rings is 1. The van der Waals surface area contributed by atoms with Gasteiger partial charge in [0.25, 0.3) is 11.5 Å². The second-order valence-corrected chi connectivity index (χ2v) is 8.56. The van der Waals surface area contributed by atoms with Gasteiger partial charge < -0.3 is 14.6 Å². The average molecular weight is 407 g/mol. The highest BCUT2D eigenvalue weighted by Crippen LogP contribution is 2.37. The highest BCUT2D eigenvalue weighted by Gasteiger charge is 2.33. The number of nitrogens with zero attached hydrogens (tertiary/aromatic N) is 2.